The molecule has 0 unspecified atom stereocenters. The minimum atomic E-state index is 0.349. The van der Waals surface area contributed by atoms with Crippen molar-refractivity contribution in [2.75, 3.05) is 0 Å². The zero-order chi connectivity index (χ0) is 38.6. The van der Waals surface area contributed by atoms with Crippen LogP contribution in [0.1, 0.15) is 22.3 Å². The van der Waals surface area contributed by atoms with Crippen molar-refractivity contribution in [3.8, 4) is 51.4 Å². The molecule has 0 bridgehead atoms. The van der Waals surface area contributed by atoms with Gasteiger partial charge in [0.1, 0.15) is 11.2 Å². The van der Waals surface area contributed by atoms with Gasteiger partial charge in [-0.25, -0.2) is 19.9 Å². The van der Waals surface area contributed by atoms with Gasteiger partial charge >= 0.3 is 5.84 Å². The summed E-state index contributed by atoms with van der Waals surface area (Å²) in [5.74, 6) is 2.51. The molecule has 8 nitrogen and oxygen atoms in total. The Bertz CT molecular complexity index is 2950. The van der Waals surface area contributed by atoms with E-state index in [0.717, 1.165) is 66.4 Å². The highest BCUT2D eigenvalue weighted by atomic mass is 16.3. The van der Waals surface area contributed by atoms with E-state index in [2.05, 4.69) is 12.1 Å². The Morgan fingerprint density at radius 2 is 1.16 bits per heavy atom. The van der Waals surface area contributed by atoms with Crippen molar-refractivity contribution in [3.05, 3.63) is 198 Å². The number of fused-ring (bicyclic) bond motifs is 3. The van der Waals surface area contributed by atoms with E-state index in [9.17, 15) is 5.26 Å². The number of hydrogen-bond donors (Lipinski definition) is 1. The topological polar surface area (TPSA) is 126 Å². The second-order valence-corrected chi connectivity index (χ2v) is 13.3. The SMILES string of the molecule is N#Cc1ccc(-c2ccc(C(N=Cc3ccc4oc5cccc(-c6nc(-c7ccccc7)nc(-c7ccccc7)n6)c5c4c3)=NC(=[NH2+])c3ccccc3)cc2)cc1. The lowest BCUT2D eigenvalue weighted by molar-refractivity contribution is -0.114. The minimum absolute atomic E-state index is 0.349. The van der Waals surface area contributed by atoms with Gasteiger partial charge in [-0.15, -0.1) is 0 Å². The molecule has 2 heterocycles. The van der Waals surface area contributed by atoms with Gasteiger partial charge in [0.15, 0.2) is 17.5 Å². The van der Waals surface area contributed by atoms with Gasteiger partial charge in [0.05, 0.1) is 17.2 Å². The zero-order valence-electron chi connectivity index (χ0n) is 30.5. The van der Waals surface area contributed by atoms with Crippen LogP contribution in [0.15, 0.2) is 190 Å². The average molecular weight is 735 g/mol. The van der Waals surface area contributed by atoms with E-state index in [1.807, 2.05) is 170 Å². The van der Waals surface area contributed by atoms with Crippen LogP contribution in [0.4, 0.5) is 0 Å². The molecule has 7 aromatic carbocycles. The third-order valence-corrected chi connectivity index (χ3v) is 9.58. The number of rotatable bonds is 7. The number of nitrogens with zero attached hydrogens (tertiary/aromatic N) is 6. The number of nitrogens with two attached hydrogens (primary N) is 1. The van der Waals surface area contributed by atoms with Crippen LogP contribution in [0.25, 0.3) is 67.2 Å². The molecule has 268 valence electrons. The summed E-state index contributed by atoms with van der Waals surface area (Å²) in [5, 5.41) is 17.5. The standard InChI is InChI=1S/C49H31N7O/c50-30-32-19-22-34(23-20-32)35-24-26-39(27-25-35)46(53-45(51)36-11-4-1-5-12-36)52-31-33-21-28-42-41(29-33)44-40(17-10-18-43(44)57-42)49-55-47(37-13-6-2-7-14-37)54-48(56-49)38-15-8-3-9-16-38/h1-29,31,51H/p+1. The van der Waals surface area contributed by atoms with E-state index in [1.54, 1.807) is 6.21 Å². The molecule has 0 saturated carbocycles. The van der Waals surface area contributed by atoms with Crippen LogP contribution >= 0.6 is 0 Å². The van der Waals surface area contributed by atoms with Gasteiger partial charge in [0.25, 0.3) is 5.84 Å². The molecular formula is C49H32N7O+. The minimum Gasteiger partial charge on any atom is -0.456 e. The highest BCUT2D eigenvalue weighted by Crippen LogP contribution is 2.37. The summed E-state index contributed by atoms with van der Waals surface area (Å²) >= 11 is 0. The highest BCUT2D eigenvalue weighted by Gasteiger charge is 2.19. The largest absolute Gasteiger partial charge is 0.456 e. The van der Waals surface area contributed by atoms with E-state index in [-0.39, 0.29) is 0 Å². The number of furan rings is 1. The maximum atomic E-state index is 9.22. The Labute approximate surface area is 328 Å². The number of hydrogen-bond acceptors (Lipinski definition) is 5. The number of amidine groups is 2. The monoisotopic (exact) mass is 734 g/mol. The maximum absolute atomic E-state index is 9.22. The molecule has 9 aromatic rings. The first kappa shape index (κ1) is 34.6. The predicted molar refractivity (Wildman–Crippen MR) is 227 cm³/mol. The van der Waals surface area contributed by atoms with E-state index in [0.29, 0.717) is 34.7 Å². The van der Waals surface area contributed by atoms with Crippen molar-refractivity contribution in [2.24, 2.45) is 9.98 Å². The van der Waals surface area contributed by atoms with Crippen LogP contribution in [0, 0.1) is 11.3 Å². The molecule has 2 N–H and O–H groups in total. The van der Waals surface area contributed by atoms with Gasteiger partial charge in [-0.1, -0.05) is 115 Å². The van der Waals surface area contributed by atoms with Gasteiger partial charge in [0, 0.05) is 39.2 Å². The van der Waals surface area contributed by atoms with Crippen molar-refractivity contribution in [1.29, 1.82) is 5.26 Å². The second kappa shape index (κ2) is 15.3. The number of aromatic nitrogens is 3. The molecule has 0 fully saturated rings. The van der Waals surface area contributed by atoms with E-state index >= 15 is 0 Å². The Morgan fingerprint density at radius 1 is 0.561 bits per heavy atom. The molecule has 8 heteroatoms. The normalized spacial score (nSPS) is 11.6. The quantitative estimate of drug-likeness (QED) is 0.129. The van der Waals surface area contributed by atoms with Crippen LogP contribution < -0.4 is 5.41 Å². The fourth-order valence-electron chi connectivity index (χ4n) is 6.68. The lowest BCUT2D eigenvalue weighted by Crippen LogP contribution is -2.39. The second-order valence-electron chi connectivity index (χ2n) is 13.3. The number of aliphatic imine (C=N–C) groups is 2. The molecule has 0 aliphatic rings. The molecule has 0 aliphatic heterocycles. The number of benzene rings is 7. The third-order valence-electron chi connectivity index (χ3n) is 9.58. The van der Waals surface area contributed by atoms with Crippen LogP contribution in [-0.4, -0.2) is 32.8 Å². The molecular weight excluding hydrogens is 703 g/mol. The van der Waals surface area contributed by atoms with Crippen LogP contribution in [0.5, 0.6) is 0 Å². The van der Waals surface area contributed by atoms with Gasteiger partial charge in [-0.2, -0.15) is 5.26 Å². The van der Waals surface area contributed by atoms with Gasteiger partial charge in [-0.05, 0) is 82.3 Å². The average Bonchev–Trinajstić information content (AvgIpc) is 3.67. The predicted octanol–water partition coefficient (Wildman–Crippen LogP) is 9.38. The van der Waals surface area contributed by atoms with Crippen LogP contribution in [0.3, 0.4) is 0 Å². The molecule has 9 rings (SSSR count). The van der Waals surface area contributed by atoms with E-state index < -0.39 is 0 Å². The lowest BCUT2D eigenvalue weighted by atomic mass is 10.0. The van der Waals surface area contributed by atoms with E-state index in [1.165, 1.54) is 0 Å². The highest BCUT2D eigenvalue weighted by molar-refractivity contribution is 6.15. The molecule has 57 heavy (non-hydrogen) atoms. The van der Waals surface area contributed by atoms with Gasteiger partial charge in [-0.3, -0.25) is 5.41 Å². The first-order valence-corrected chi connectivity index (χ1v) is 18.3. The first-order chi connectivity index (χ1) is 28.1. The van der Waals surface area contributed by atoms with Crippen molar-refractivity contribution in [3.63, 3.8) is 0 Å². The Morgan fingerprint density at radius 3 is 1.79 bits per heavy atom. The Hall–Kier alpha value is -8.15. The molecule has 0 amide bonds. The first-order valence-electron chi connectivity index (χ1n) is 18.3. The summed E-state index contributed by atoms with van der Waals surface area (Å²) < 4.78 is 6.38. The van der Waals surface area contributed by atoms with Crippen molar-refractivity contribution in [1.82, 2.24) is 15.0 Å². The van der Waals surface area contributed by atoms with Crippen LogP contribution in [0.2, 0.25) is 0 Å². The van der Waals surface area contributed by atoms with Gasteiger partial charge in [0.2, 0.25) is 0 Å². The summed E-state index contributed by atoms with van der Waals surface area (Å²) in [7, 11) is 0. The molecule has 2 aromatic heterocycles. The maximum Gasteiger partial charge on any atom is 0.324 e. The molecule has 0 aliphatic carbocycles. The summed E-state index contributed by atoms with van der Waals surface area (Å²) in [5.41, 5.74) is 9.10. The fraction of sp³-hybridized carbons (Fsp3) is 0. The third kappa shape index (κ3) is 7.24. The van der Waals surface area contributed by atoms with Crippen molar-refractivity contribution in [2.45, 2.75) is 0 Å². The summed E-state index contributed by atoms with van der Waals surface area (Å²) in [6.45, 7) is 0. The lowest BCUT2D eigenvalue weighted by Gasteiger charge is -2.09. The Kier molecular flexibility index (Phi) is 9.29. The fourth-order valence-corrected chi connectivity index (χ4v) is 6.68. The Balaban J connectivity index is 1.12. The van der Waals surface area contributed by atoms with Gasteiger partial charge < -0.3 is 4.42 Å². The molecule has 0 spiro atoms. The smallest absolute Gasteiger partial charge is 0.324 e. The summed E-state index contributed by atoms with van der Waals surface area (Å²) in [4.78, 5) is 24.6. The summed E-state index contributed by atoms with van der Waals surface area (Å²) in [6, 6.07) is 59.0. The van der Waals surface area contributed by atoms with E-state index in [4.69, 9.17) is 34.8 Å². The number of nitriles is 1. The van der Waals surface area contributed by atoms with Crippen LogP contribution in [-0.2, 0) is 0 Å². The molecule has 0 atom stereocenters. The van der Waals surface area contributed by atoms with Crippen molar-refractivity contribution < 1.29 is 9.83 Å². The molecule has 0 radical (unpaired) electrons. The molecule has 0 saturated heterocycles. The summed E-state index contributed by atoms with van der Waals surface area (Å²) in [6.07, 6.45) is 1.79. The zero-order valence-corrected chi connectivity index (χ0v) is 30.5. The van der Waals surface area contributed by atoms with Crippen molar-refractivity contribution >= 4 is 39.8 Å².